The normalized spacial score (nSPS) is 11.6. The van der Waals surface area contributed by atoms with E-state index in [1.165, 1.54) is 4.80 Å². The van der Waals surface area contributed by atoms with Gasteiger partial charge >= 0.3 is 0 Å². The molecule has 0 unspecified atom stereocenters. The maximum absolute atomic E-state index is 9.00. The minimum absolute atomic E-state index is 0.0667. The van der Waals surface area contributed by atoms with Crippen molar-refractivity contribution in [2.75, 3.05) is 13.2 Å². The van der Waals surface area contributed by atoms with Crippen LogP contribution in [0.25, 0.3) is 11.4 Å². The molecule has 0 atom stereocenters. The molecule has 7 heteroatoms. The van der Waals surface area contributed by atoms with Gasteiger partial charge in [-0.15, -0.1) is 10.2 Å². The van der Waals surface area contributed by atoms with Crippen LogP contribution in [0.4, 0.5) is 0 Å². The number of nitrogens with zero attached hydrogens (tertiary/aromatic N) is 5. The topological polar surface area (TPSA) is 86.0 Å². The van der Waals surface area contributed by atoms with Crippen molar-refractivity contribution in [3.05, 3.63) is 18.3 Å². The predicted octanol–water partition coefficient (Wildman–Crippen LogP) is 1.93. The Kier molecular flexibility index (Phi) is 5.43. The van der Waals surface area contributed by atoms with Crippen molar-refractivity contribution in [3.63, 3.8) is 0 Å². The second kappa shape index (κ2) is 7.31. The molecule has 1 N–H and O–H groups in total. The van der Waals surface area contributed by atoms with Crippen molar-refractivity contribution in [2.24, 2.45) is 5.41 Å². The fourth-order valence-corrected chi connectivity index (χ4v) is 1.95. The van der Waals surface area contributed by atoms with E-state index in [1.807, 2.05) is 13.0 Å². The molecule has 2 heterocycles. The van der Waals surface area contributed by atoms with Crippen molar-refractivity contribution in [2.45, 2.75) is 40.2 Å². The number of aromatic nitrogens is 5. The summed E-state index contributed by atoms with van der Waals surface area (Å²) in [6, 6.07) is 3.68. The third-order valence-electron chi connectivity index (χ3n) is 3.55. The molecule has 0 aliphatic carbocycles. The second-order valence-corrected chi connectivity index (χ2v) is 5.92. The molecule has 2 aromatic rings. The third kappa shape index (κ3) is 4.49. The smallest absolute Gasteiger partial charge is 0.213 e. The summed E-state index contributed by atoms with van der Waals surface area (Å²) < 4.78 is 5.65. The van der Waals surface area contributed by atoms with Gasteiger partial charge in [-0.1, -0.05) is 13.8 Å². The summed E-state index contributed by atoms with van der Waals surface area (Å²) in [7, 11) is 0. The average molecular weight is 305 g/mol. The largest absolute Gasteiger partial charge is 0.478 e. The first kappa shape index (κ1) is 16.4. The molecule has 22 heavy (non-hydrogen) atoms. The highest BCUT2D eigenvalue weighted by atomic mass is 16.5. The molecule has 0 radical (unpaired) electrons. The second-order valence-electron chi connectivity index (χ2n) is 5.92. The molecule has 2 aromatic heterocycles. The molecular weight excluding hydrogens is 282 g/mol. The van der Waals surface area contributed by atoms with Gasteiger partial charge in [0, 0.05) is 24.4 Å². The molecule has 0 saturated heterocycles. The van der Waals surface area contributed by atoms with Gasteiger partial charge in [-0.25, -0.2) is 4.98 Å². The Morgan fingerprint density at radius 1 is 1.27 bits per heavy atom. The van der Waals surface area contributed by atoms with Gasteiger partial charge in [0.25, 0.3) is 0 Å². The van der Waals surface area contributed by atoms with E-state index < -0.39 is 0 Å². The van der Waals surface area contributed by atoms with E-state index in [1.54, 1.807) is 12.3 Å². The van der Waals surface area contributed by atoms with E-state index in [4.69, 9.17) is 9.84 Å². The highest BCUT2D eigenvalue weighted by Crippen LogP contribution is 2.24. The summed E-state index contributed by atoms with van der Waals surface area (Å²) >= 11 is 0. The maximum Gasteiger partial charge on any atom is 0.213 e. The number of aliphatic hydroxyl groups excluding tert-OH is 1. The average Bonchev–Trinajstić information content (AvgIpc) is 2.96. The predicted molar refractivity (Wildman–Crippen MR) is 82.3 cm³/mol. The molecule has 0 aliphatic rings. The first-order chi connectivity index (χ1) is 10.5. The van der Waals surface area contributed by atoms with Gasteiger partial charge in [-0.05, 0) is 36.5 Å². The quantitative estimate of drug-likeness (QED) is 0.802. The number of rotatable bonds is 8. The van der Waals surface area contributed by atoms with Gasteiger partial charge in [0.05, 0.1) is 13.2 Å². The van der Waals surface area contributed by atoms with Crippen LogP contribution in [0.5, 0.6) is 5.88 Å². The summed E-state index contributed by atoms with van der Waals surface area (Å²) in [5.41, 5.74) is 0.879. The van der Waals surface area contributed by atoms with Gasteiger partial charge in [-0.2, -0.15) is 4.80 Å². The van der Waals surface area contributed by atoms with Crippen molar-refractivity contribution >= 4 is 0 Å². The molecule has 0 amide bonds. The summed E-state index contributed by atoms with van der Waals surface area (Å²) in [6.45, 7) is 7.65. The van der Waals surface area contributed by atoms with Crippen LogP contribution >= 0.6 is 0 Å². The van der Waals surface area contributed by atoms with Gasteiger partial charge < -0.3 is 9.84 Å². The van der Waals surface area contributed by atoms with Crippen LogP contribution in [0.2, 0.25) is 0 Å². The minimum atomic E-state index is 0.0667. The number of hydrogen-bond acceptors (Lipinski definition) is 6. The molecular formula is C15H23N5O2. The van der Waals surface area contributed by atoms with Crippen LogP contribution < -0.4 is 4.74 Å². The van der Waals surface area contributed by atoms with Crippen LogP contribution in [0, 0.1) is 5.41 Å². The van der Waals surface area contributed by atoms with Gasteiger partial charge in [0.15, 0.2) is 0 Å². The summed E-state index contributed by atoms with van der Waals surface area (Å²) in [4.78, 5) is 5.80. The molecule has 2 rings (SSSR count). The molecule has 7 nitrogen and oxygen atoms in total. The van der Waals surface area contributed by atoms with Crippen molar-refractivity contribution in [1.29, 1.82) is 0 Å². The highest BCUT2D eigenvalue weighted by molar-refractivity contribution is 5.52. The zero-order valence-corrected chi connectivity index (χ0v) is 13.4. The molecule has 0 bridgehead atoms. The van der Waals surface area contributed by atoms with Gasteiger partial charge in [-0.3, -0.25) is 0 Å². The first-order valence-corrected chi connectivity index (χ1v) is 7.52. The first-order valence-electron chi connectivity index (χ1n) is 7.52. The monoisotopic (exact) mass is 305 g/mol. The number of pyridine rings is 1. The Balaban J connectivity index is 1.89. The van der Waals surface area contributed by atoms with Crippen molar-refractivity contribution < 1.29 is 9.84 Å². The Morgan fingerprint density at radius 2 is 2.09 bits per heavy atom. The molecule has 0 spiro atoms. The SMILES string of the molecule is CCn1nnc(-c2ccc(OCCC(C)(C)CCO)nc2)n1. The van der Waals surface area contributed by atoms with Crippen LogP contribution in [0.15, 0.2) is 18.3 Å². The lowest BCUT2D eigenvalue weighted by Gasteiger charge is -2.23. The van der Waals surface area contributed by atoms with Gasteiger partial charge in [0.2, 0.25) is 11.7 Å². The lowest BCUT2D eigenvalue weighted by molar-refractivity contribution is 0.170. The molecule has 0 fully saturated rings. The number of tetrazole rings is 1. The lowest BCUT2D eigenvalue weighted by atomic mass is 9.86. The van der Waals surface area contributed by atoms with Crippen LogP contribution in [-0.4, -0.2) is 43.5 Å². The van der Waals surface area contributed by atoms with E-state index in [9.17, 15) is 0 Å². The van der Waals surface area contributed by atoms with Gasteiger partial charge in [0.1, 0.15) is 0 Å². The molecule has 120 valence electrons. The van der Waals surface area contributed by atoms with Crippen LogP contribution in [-0.2, 0) is 6.54 Å². The number of aliphatic hydroxyl groups is 1. The van der Waals surface area contributed by atoms with E-state index in [2.05, 4.69) is 34.2 Å². The maximum atomic E-state index is 9.00. The number of aryl methyl sites for hydroxylation is 1. The molecule has 0 aromatic carbocycles. The summed E-state index contributed by atoms with van der Waals surface area (Å²) in [5, 5.41) is 21.1. The van der Waals surface area contributed by atoms with Crippen molar-refractivity contribution in [3.8, 4) is 17.3 Å². The number of ether oxygens (including phenoxy) is 1. The summed E-state index contributed by atoms with van der Waals surface area (Å²) in [6.07, 6.45) is 3.32. The third-order valence-corrected chi connectivity index (χ3v) is 3.55. The highest BCUT2D eigenvalue weighted by Gasteiger charge is 2.17. The van der Waals surface area contributed by atoms with E-state index in [-0.39, 0.29) is 12.0 Å². The Hall–Kier alpha value is -2.02. The van der Waals surface area contributed by atoms with Crippen LogP contribution in [0.3, 0.4) is 0 Å². The Bertz CT molecular complexity index is 580. The van der Waals surface area contributed by atoms with E-state index in [0.29, 0.717) is 24.9 Å². The van der Waals surface area contributed by atoms with Crippen LogP contribution in [0.1, 0.15) is 33.6 Å². The Morgan fingerprint density at radius 3 is 2.68 bits per heavy atom. The van der Waals surface area contributed by atoms with E-state index in [0.717, 1.165) is 18.4 Å². The number of hydrogen-bond donors (Lipinski definition) is 1. The van der Waals surface area contributed by atoms with E-state index >= 15 is 0 Å². The zero-order valence-electron chi connectivity index (χ0n) is 13.4. The summed E-state index contributed by atoms with van der Waals surface area (Å²) in [5.74, 6) is 1.14. The standard InChI is InChI=1S/C15H23N5O2/c1-4-20-18-14(17-19-20)12-5-6-13(16-11-12)22-10-8-15(2,3)7-9-21/h5-6,11,21H,4,7-10H2,1-3H3. The fraction of sp³-hybridized carbons (Fsp3) is 0.600. The fourth-order valence-electron chi connectivity index (χ4n) is 1.95. The lowest BCUT2D eigenvalue weighted by Crippen LogP contribution is -2.17. The zero-order chi connectivity index (χ0) is 16.0. The Labute approximate surface area is 130 Å². The minimum Gasteiger partial charge on any atom is -0.478 e. The molecule has 0 saturated carbocycles. The molecule has 0 aliphatic heterocycles. The van der Waals surface area contributed by atoms with Crippen molar-refractivity contribution in [1.82, 2.24) is 25.2 Å².